The summed E-state index contributed by atoms with van der Waals surface area (Å²) in [5, 5.41) is 156. The number of fused-ring (bicyclic) bond motifs is 7. The molecule has 14 N–H and O–H groups in total. The fourth-order valence-electron chi connectivity index (χ4n) is 18.3. The van der Waals surface area contributed by atoms with Crippen molar-refractivity contribution in [1.82, 2.24) is 0 Å². The van der Waals surface area contributed by atoms with Crippen LogP contribution in [0.25, 0.3) is 0 Å². The van der Waals surface area contributed by atoms with Gasteiger partial charge in [0, 0.05) is 17.1 Å². The highest BCUT2D eigenvalue weighted by atomic mass is 16.8. The van der Waals surface area contributed by atoms with Crippen molar-refractivity contribution >= 4 is 17.9 Å². The Hall–Kier alpha value is -3.73. The van der Waals surface area contributed by atoms with Gasteiger partial charge >= 0.3 is 17.9 Å². The molecule has 9 rings (SSSR count). The van der Waals surface area contributed by atoms with Gasteiger partial charge in [-0.3, -0.25) is 0 Å². The number of aliphatic carboxylic acids is 1. The molecule has 8 fully saturated rings. The van der Waals surface area contributed by atoms with Crippen LogP contribution >= 0.6 is 0 Å². The lowest BCUT2D eigenvalue weighted by Gasteiger charge is -2.73. The molecule has 4 heterocycles. The zero-order valence-corrected chi connectivity index (χ0v) is 56.8. The number of allylic oxidation sites excluding steroid dienone is 7. The number of ether oxygens (including phenoxy) is 10. The van der Waals surface area contributed by atoms with Gasteiger partial charge in [-0.1, -0.05) is 110 Å². The minimum absolute atomic E-state index is 0.0481. The van der Waals surface area contributed by atoms with E-state index in [1.165, 1.54) is 13.0 Å². The molecule has 0 bridgehead atoms. The van der Waals surface area contributed by atoms with E-state index in [0.717, 1.165) is 18.4 Å². The van der Waals surface area contributed by atoms with Crippen LogP contribution in [0, 0.1) is 50.2 Å². The van der Waals surface area contributed by atoms with Gasteiger partial charge in [0.05, 0.1) is 37.4 Å². The molecule has 0 aromatic rings. The Morgan fingerprint density at radius 1 is 0.625 bits per heavy atom. The minimum Gasteiger partial charge on any atom is -0.479 e. The fraction of sp³-hybridized carbons (Fsp3) is 0.812. The molecule has 27 nitrogen and oxygen atoms in total. The molecular formula is C69H106O27. The lowest BCUT2D eigenvalue weighted by atomic mass is 9.32. The summed E-state index contributed by atoms with van der Waals surface area (Å²) in [7, 11) is 0. The molecule has 96 heavy (non-hydrogen) atoms. The molecule has 9 aliphatic rings. The number of carbonyl (C=O) groups is 3. The first kappa shape index (κ1) is 76.4. The molecule has 0 aromatic heterocycles. The Labute approximate surface area is 560 Å². The number of aliphatic hydroxyl groups is 13. The molecule has 4 saturated heterocycles. The number of hydrogen-bond donors (Lipinski definition) is 14. The SMILES string of the molecule is CC=C(C)C(=O)OC1CC(C)(C)CC2C3=CCC4C5(C)CCC(OC6OC(C)C(OC7OC(C(=O)O)C(O)C(OC8OC(CO)C(O)C(O)C8OC8OC(CO)C(O)C(O)C8O)C7O)C(O)C6O)C(C)(C)C5CCC4(C)C3(C)C(OC(=O)C=CC=CC=CCCC)C(O)C12CO. The number of carboxylic acid groups (broad SMARTS) is 1. The van der Waals surface area contributed by atoms with Crippen molar-refractivity contribution in [1.29, 1.82) is 0 Å². The molecule has 27 heteroatoms. The molecule has 31 atom stereocenters. The van der Waals surface area contributed by atoms with E-state index in [-0.39, 0.29) is 11.8 Å². The third kappa shape index (κ3) is 13.6. The van der Waals surface area contributed by atoms with Crippen LogP contribution in [0.15, 0.2) is 59.8 Å². The smallest absolute Gasteiger partial charge is 0.335 e. The molecule has 0 amide bonds. The first-order valence-corrected chi connectivity index (χ1v) is 33.9. The van der Waals surface area contributed by atoms with E-state index >= 15 is 0 Å². The highest BCUT2D eigenvalue weighted by molar-refractivity contribution is 5.87. The van der Waals surface area contributed by atoms with Gasteiger partial charge in [0.15, 0.2) is 31.3 Å². The largest absolute Gasteiger partial charge is 0.479 e. The van der Waals surface area contributed by atoms with Gasteiger partial charge in [0.1, 0.15) is 104 Å². The Morgan fingerprint density at radius 2 is 1.22 bits per heavy atom. The maximum absolute atomic E-state index is 14.3. The summed E-state index contributed by atoms with van der Waals surface area (Å²) in [6, 6.07) is 0. The zero-order valence-electron chi connectivity index (χ0n) is 56.8. The number of hydrogen-bond acceptors (Lipinski definition) is 26. The lowest BCUT2D eigenvalue weighted by molar-refractivity contribution is -0.394. The number of esters is 2. The molecule has 4 aliphatic heterocycles. The summed E-state index contributed by atoms with van der Waals surface area (Å²) < 4.78 is 60.5. The molecule has 0 radical (unpaired) electrons. The summed E-state index contributed by atoms with van der Waals surface area (Å²) in [5.41, 5.74) is -3.31. The van der Waals surface area contributed by atoms with Crippen LogP contribution in [-0.4, -0.2) is 256 Å². The molecule has 4 saturated carbocycles. The van der Waals surface area contributed by atoms with E-state index in [1.54, 1.807) is 32.1 Å². The third-order valence-corrected chi connectivity index (χ3v) is 24.0. The fourth-order valence-corrected chi connectivity index (χ4v) is 18.3. The first-order chi connectivity index (χ1) is 45.1. The number of rotatable bonds is 20. The van der Waals surface area contributed by atoms with Gasteiger partial charge in [-0.05, 0) is 112 Å². The average molecular weight is 1370 g/mol. The molecule has 5 aliphatic carbocycles. The number of carboxylic acids is 1. The van der Waals surface area contributed by atoms with Crippen LogP contribution < -0.4 is 0 Å². The predicted molar refractivity (Wildman–Crippen MR) is 335 cm³/mol. The quantitative estimate of drug-likeness (QED) is 0.0266. The summed E-state index contributed by atoms with van der Waals surface area (Å²) in [6.07, 6.45) is -22.3. The van der Waals surface area contributed by atoms with Crippen molar-refractivity contribution in [3.63, 3.8) is 0 Å². The highest BCUT2D eigenvalue weighted by Crippen LogP contribution is 2.76. The monoisotopic (exact) mass is 1370 g/mol. The summed E-state index contributed by atoms with van der Waals surface area (Å²) in [4.78, 5) is 40.8. The van der Waals surface area contributed by atoms with Crippen LogP contribution in [0.1, 0.15) is 134 Å². The Bertz CT molecular complexity index is 2880. The van der Waals surface area contributed by atoms with Gasteiger partial charge in [-0.2, -0.15) is 0 Å². The minimum atomic E-state index is -2.27. The van der Waals surface area contributed by atoms with Gasteiger partial charge in [0.25, 0.3) is 0 Å². The summed E-state index contributed by atoms with van der Waals surface area (Å²) in [5.74, 6) is -3.66. The van der Waals surface area contributed by atoms with Crippen molar-refractivity contribution < 1.29 is 133 Å². The Morgan fingerprint density at radius 3 is 1.85 bits per heavy atom. The average Bonchev–Trinajstić information content (AvgIpc) is 0.662. The first-order valence-electron chi connectivity index (χ1n) is 33.9. The van der Waals surface area contributed by atoms with E-state index < -0.39 is 223 Å². The predicted octanol–water partition coefficient (Wildman–Crippen LogP) is 1.01. The van der Waals surface area contributed by atoms with E-state index in [4.69, 9.17) is 47.4 Å². The van der Waals surface area contributed by atoms with Crippen LogP contribution in [0.3, 0.4) is 0 Å². The molecule has 31 unspecified atom stereocenters. The second kappa shape index (κ2) is 29.7. The number of unbranched alkanes of at least 4 members (excludes halogenated alkanes) is 1. The van der Waals surface area contributed by atoms with Crippen LogP contribution in [0.5, 0.6) is 0 Å². The summed E-state index contributed by atoms with van der Waals surface area (Å²) in [6.45, 7) is 19.6. The maximum atomic E-state index is 14.3. The van der Waals surface area contributed by atoms with Gasteiger partial charge in [0.2, 0.25) is 0 Å². The molecule has 0 aromatic carbocycles. The van der Waals surface area contributed by atoms with Crippen molar-refractivity contribution in [2.45, 2.75) is 281 Å². The number of carbonyl (C=O) groups excluding carboxylic acids is 2. The van der Waals surface area contributed by atoms with Crippen molar-refractivity contribution in [3.05, 3.63) is 59.8 Å². The molecule has 0 spiro atoms. The third-order valence-electron chi connectivity index (χ3n) is 24.0. The normalized spacial score (nSPS) is 47.9. The topological polar surface area (TPSA) is 427 Å². The Kier molecular flexibility index (Phi) is 23.6. The number of aliphatic hydroxyl groups excluding tert-OH is 13. The zero-order chi connectivity index (χ0) is 70.7. The van der Waals surface area contributed by atoms with Crippen LogP contribution in [0.4, 0.5) is 0 Å². The van der Waals surface area contributed by atoms with Crippen molar-refractivity contribution in [2.75, 3.05) is 19.8 Å². The van der Waals surface area contributed by atoms with Gasteiger partial charge in [-0.15, -0.1) is 0 Å². The van der Waals surface area contributed by atoms with Crippen LogP contribution in [0.2, 0.25) is 0 Å². The second-order valence-corrected chi connectivity index (χ2v) is 30.3. The Balaban J connectivity index is 0.941. The lowest BCUT2D eigenvalue weighted by Crippen LogP contribution is -2.75. The van der Waals surface area contributed by atoms with Crippen molar-refractivity contribution in [2.24, 2.45) is 50.2 Å². The highest BCUT2D eigenvalue weighted by Gasteiger charge is 2.76. The van der Waals surface area contributed by atoms with Crippen LogP contribution in [-0.2, 0) is 61.8 Å². The maximum Gasteiger partial charge on any atom is 0.335 e. The molecule has 544 valence electrons. The van der Waals surface area contributed by atoms with E-state index in [1.807, 2.05) is 18.2 Å². The van der Waals surface area contributed by atoms with Gasteiger partial charge in [-0.25, -0.2) is 14.4 Å². The van der Waals surface area contributed by atoms with E-state index in [0.29, 0.717) is 50.5 Å². The standard InChI is InChI=1S/C69H106O27/c1-12-14-15-16-17-18-19-20-42(73)92-57-56(83)69(31-72)35(27-64(5,6)28-41(69)90-59(86)32(3)13-2)34-21-22-39-66(9)25-24-40(65(7,8)38(66)23-26-67(39,10)68(34,57)11)91-60-49(80)47(78)52(33(4)87-60)93-62-51(82)53(50(81)54(95-62)58(84)85)94-63-55(46(77)44(75)37(30-71)89-63)96-61-48(79)45(76)43(74)36(29-70)88-61/h13,15-21,33,35-41,43-57,60-63,70-72,74-83H,12,14,22-31H2,1-11H3,(H,84,85). The second-order valence-electron chi connectivity index (χ2n) is 30.3. The van der Waals surface area contributed by atoms with E-state index in [2.05, 4.69) is 61.5 Å². The van der Waals surface area contributed by atoms with Crippen molar-refractivity contribution in [3.8, 4) is 0 Å². The van der Waals surface area contributed by atoms with E-state index in [9.17, 15) is 85.9 Å². The molecular weight excluding hydrogens is 1260 g/mol. The van der Waals surface area contributed by atoms with Gasteiger partial charge < -0.3 is 119 Å². The summed E-state index contributed by atoms with van der Waals surface area (Å²) >= 11 is 0.